The number of anilines is 3. The Labute approximate surface area is 385 Å². The minimum absolute atomic E-state index is 1.06. The molecule has 12 aromatic rings. The molecule has 310 valence electrons. The van der Waals surface area contributed by atoms with Crippen LogP contribution in [0.3, 0.4) is 0 Å². The molecule has 0 aliphatic rings. The molecule has 66 heavy (non-hydrogen) atoms. The molecular weight excluding hydrogens is 797 g/mol. The van der Waals surface area contributed by atoms with E-state index in [1.807, 2.05) is 0 Å². The number of aromatic nitrogens is 1. The molecule has 0 atom stereocenters. The van der Waals surface area contributed by atoms with Crippen molar-refractivity contribution in [3.8, 4) is 61.3 Å². The number of hydrogen-bond donors (Lipinski definition) is 0. The predicted octanol–water partition coefficient (Wildman–Crippen LogP) is 17.7. The summed E-state index contributed by atoms with van der Waals surface area (Å²) in [4.78, 5) is 2.49. The smallest absolute Gasteiger partial charge is 0.0619 e. The second kappa shape index (κ2) is 16.8. The summed E-state index contributed by atoms with van der Waals surface area (Å²) in [5, 5.41) is 4.90. The predicted molar refractivity (Wildman–Crippen MR) is 280 cm³/mol. The number of benzene rings is 11. The summed E-state index contributed by atoms with van der Waals surface area (Å²) in [5.74, 6) is 0. The van der Waals surface area contributed by atoms with Crippen LogP contribution in [0, 0.1) is 0 Å². The molecule has 0 N–H and O–H groups in total. The minimum Gasteiger partial charge on any atom is -0.309 e. The molecule has 0 saturated carbocycles. The van der Waals surface area contributed by atoms with Gasteiger partial charge < -0.3 is 9.47 Å². The minimum atomic E-state index is 1.06. The van der Waals surface area contributed by atoms with Crippen molar-refractivity contribution in [2.75, 3.05) is 4.90 Å². The molecule has 0 aliphatic carbocycles. The highest BCUT2D eigenvalue weighted by Crippen LogP contribution is 2.49. The molecule has 0 saturated heterocycles. The Morgan fingerprint density at radius 2 is 0.818 bits per heavy atom. The van der Waals surface area contributed by atoms with Crippen molar-refractivity contribution < 1.29 is 0 Å². The van der Waals surface area contributed by atoms with Gasteiger partial charge in [0.15, 0.2) is 0 Å². The van der Waals surface area contributed by atoms with Crippen LogP contribution in [0.1, 0.15) is 0 Å². The van der Waals surface area contributed by atoms with Crippen molar-refractivity contribution in [1.82, 2.24) is 4.57 Å². The summed E-state index contributed by atoms with van der Waals surface area (Å²) in [5.41, 5.74) is 18.5. The largest absolute Gasteiger partial charge is 0.309 e. The van der Waals surface area contributed by atoms with Crippen molar-refractivity contribution in [1.29, 1.82) is 0 Å². The molecule has 2 nitrogen and oxygen atoms in total. The molecule has 0 spiro atoms. The fraction of sp³-hybridized carbons (Fsp3) is 0. The topological polar surface area (TPSA) is 8.17 Å². The van der Waals surface area contributed by atoms with E-state index in [4.69, 9.17) is 0 Å². The van der Waals surface area contributed by atoms with Crippen molar-refractivity contribution in [3.05, 3.63) is 267 Å². The lowest BCUT2D eigenvalue weighted by Gasteiger charge is -2.31. The van der Waals surface area contributed by atoms with E-state index in [9.17, 15) is 0 Å². The van der Waals surface area contributed by atoms with Crippen LogP contribution in [-0.4, -0.2) is 4.57 Å². The van der Waals surface area contributed by atoms with Crippen molar-refractivity contribution >= 4 is 49.6 Å². The van der Waals surface area contributed by atoms with Gasteiger partial charge in [-0.25, -0.2) is 0 Å². The molecule has 0 radical (unpaired) electrons. The van der Waals surface area contributed by atoms with Gasteiger partial charge in [0.1, 0.15) is 0 Å². The van der Waals surface area contributed by atoms with Crippen LogP contribution in [0.15, 0.2) is 267 Å². The lowest BCUT2D eigenvalue weighted by molar-refractivity contribution is 1.18. The summed E-state index contributed by atoms with van der Waals surface area (Å²) in [6.45, 7) is 0. The number of rotatable bonds is 9. The number of para-hydroxylation sites is 4. The highest BCUT2D eigenvalue weighted by molar-refractivity contribution is 6.14. The highest BCUT2D eigenvalue weighted by Gasteiger charge is 2.24. The molecular formula is C64H44N2. The van der Waals surface area contributed by atoms with Gasteiger partial charge in [0.2, 0.25) is 0 Å². The monoisotopic (exact) mass is 840 g/mol. The average molecular weight is 841 g/mol. The van der Waals surface area contributed by atoms with Crippen molar-refractivity contribution in [2.45, 2.75) is 0 Å². The molecule has 11 aromatic carbocycles. The molecule has 0 aliphatic heterocycles. The Kier molecular flexibility index (Phi) is 9.89. The van der Waals surface area contributed by atoms with Crippen LogP contribution < -0.4 is 4.90 Å². The zero-order valence-electron chi connectivity index (χ0n) is 36.3. The van der Waals surface area contributed by atoms with Crippen LogP contribution in [-0.2, 0) is 0 Å². The maximum atomic E-state index is 2.49. The molecule has 0 fully saturated rings. The van der Waals surface area contributed by atoms with E-state index in [-0.39, 0.29) is 0 Å². The summed E-state index contributed by atoms with van der Waals surface area (Å²) in [6, 6.07) is 97.1. The fourth-order valence-electron chi connectivity index (χ4n) is 10.0. The first-order chi connectivity index (χ1) is 32.8. The second-order valence-electron chi connectivity index (χ2n) is 16.8. The van der Waals surface area contributed by atoms with Gasteiger partial charge in [0, 0.05) is 38.8 Å². The van der Waals surface area contributed by atoms with E-state index in [0.29, 0.717) is 0 Å². The van der Waals surface area contributed by atoms with Gasteiger partial charge in [-0.15, -0.1) is 0 Å². The summed E-state index contributed by atoms with van der Waals surface area (Å²) in [7, 11) is 0. The lowest BCUT2D eigenvalue weighted by atomic mass is 9.90. The van der Waals surface area contributed by atoms with E-state index < -0.39 is 0 Å². The third-order valence-corrected chi connectivity index (χ3v) is 13.0. The zero-order chi connectivity index (χ0) is 43.8. The SMILES string of the molecule is c1ccc(-c2ccc(N(c3cccc(-c4cccc5c6ccccc6n(-c6ccccc6)c45)c3)c3ccccc3-c3cccc4cccc(-c5ccccc5)c34)c(-c3ccccc3)c2)cc1. The first-order valence-corrected chi connectivity index (χ1v) is 22.7. The van der Waals surface area contributed by atoms with Gasteiger partial charge in [-0.2, -0.15) is 0 Å². The fourth-order valence-corrected chi connectivity index (χ4v) is 10.0. The molecule has 2 heteroatoms. The number of fused-ring (bicyclic) bond motifs is 4. The lowest BCUT2D eigenvalue weighted by Crippen LogP contribution is -2.13. The zero-order valence-corrected chi connectivity index (χ0v) is 36.3. The molecule has 0 amide bonds. The van der Waals surface area contributed by atoms with E-state index in [2.05, 4.69) is 276 Å². The van der Waals surface area contributed by atoms with E-state index in [1.54, 1.807) is 0 Å². The average Bonchev–Trinajstić information content (AvgIpc) is 3.74. The van der Waals surface area contributed by atoms with Gasteiger partial charge in [-0.05, 0) is 98.2 Å². The standard InChI is InChI=1S/C64H44N2/c1-5-21-45(22-6-1)49-41-42-62(59(44-49)47-25-9-3-10-26-47)65(60-39-15-13-33-55(60)57-37-19-28-48-27-18-35-53(63(48)57)46-23-7-2-8-24-46)52-32-17-29-50(43-52)54-36-20-38-58-56-34-14-16-40-61(56)66(64(54)58)51-30-11-4-12-31-51/h1-44H. The van der Waals surface area contributed by atoms with Crippen LogP contribution in [0.5, 0.6) is 0 Å². The summed E-state index contributed by atoms with van der Waals surface area (Å²) in [6.07, 6.45) is 0. The molecule has 0 unspecified atom stereocenters. The summed E-state index contributed by atoms with van der Waals surface area (Å²) < 4.78 is 2.43. The van der Waals surface area contributed by atoms with E-state index in [1.165, 1.54) is 66.0 Å². The van der Waals surface area contributed by atoms with Crippen LogP contribution >= 0.6 is 0 Å². The Balaban J connectivity index is 1.14. The number of nitrogens with zero attached hydrogens (tertiary/aromatic N) is 2. The van der Waals surface area contributed by atoms with Gasteiger partial charge in [-0.1, -0.05) is 218 Å². The third-order valence-electron chi connectivity index (χ3n) is 13.0. The Hall–Kier alpha value is -8.72. The Morgan fingerprint density at radius 3 is 1.58 bits per heavy atom. The van der Waals surface area contributed by atoms with Gasteiger partial charge in [0.05, 0.1) is 22.4 Å². The molecule has 12 rings (SSSR count). The van der Waals surface area contributed by atoms with E-state index in [0.717, 1.165) is 45.0 Å². The number of hydrogen-bond acceptors (Lipinski definition) is 1. The third kappa shape index (κ3) is 6.84. The van der Waals surface area contributed by atoms with Crippen molar-refractivity contribution in [3.63, 3.8) is 0 Å². The van der Waals surface area contributed by atoms with Crippen LogP contribution in [0.4, 0.5) is 17.1 Å². The maximum absolute atomic E-state index is 2.49. The van der Waals surface area contributed by atoms with Crippen LogP contribution in [0.2, 0.25) is 0 Å². The molecule has 0 bridgehead atoms. The van der Waals surface area contributed by atoms with Crippen LogP contribution in [0.25, 0.3) is 93.9 Å². The maximum Gasteiger partial charge on any atom is 0.0619 e. The Bertz CT molecular complexity index is 3680. The Morgan fingerprint density at radius 1 is 0.288 bits per heavy atom. The first-order valence-electron chi connectivity index (χ1n) is 22.7. The van der Waals surface area contributed by atoms with Gasteiger partial charge in [0.25, 0.3) is 0 Å². The first kappa shape index (κ1) is 38.9. The normalized spacial score (nSPS) is 11.3. The molecule has 1 aromatic heterocycles. The highest BCUT2D eigenvalue weighted by atomic mass is 15.1. The van der Waals surface area contributed by atoms with Crippen molar-refractivity contribution in [2.24, 2.45) is 0 Å². The summed E-state index contributed by atoms with van der Waals surface area (Å²) >= 11 is 0. The molecule has 1 heterocycles. The quantitative estimate of drug-likeness (QED) is 0.141. The van der Waals surface area contributed by atoms with Gasteiger partial charge in [-0.3, -0.25) is 0 Å². The van der Waals surface area contributed by atoms with E-state index >= 15 is 0 Å². The second-order valence-corrected chi connectivity index (χ2v) is 16.8. The van der Waals surface area contributed by atoms with Gasteiger partial charge >= 0.3 is 0 Å².